The molecule has 0 fully saturated rings. The van der Waals surface area contributed by atoms with Crippen LogP contribution < -0.4 is 10.9 Å². The van der Waals surface area contributed by atoms with Gasteiger partial charge in [-0.05, 0) is 19.4 Å². The molecule has 0 saturated carbocycles. The Balaban J connectivity index is 1.78. The van der Waals surface area contributed by atoms with Gasteiger partial charge in [-0.2, -0.15) is 4.98 Å². The van der Waals surface area contributed by atoms with E-state index in [1.165, 1.54) is 10.6 Å². The van der Waals surface area contributed by atoms with E-state index >= 15 is 0 Å². The summed E-state index contributed by atoms with van der Waals surface area (Å²) in [4.78, 5) is 28.4. The summed E-state index contributed by atoms with van der Waals surface area (Å²) in [6.45, 7) is 4.62. The molecule has 0 spiro atoms. The van der Waals surface area contributed by atoms with E-state index in [1.54, 1.807) is 12.3 Å². The minimum absolute atomic E-state index is 0.0463. The van der Waals surface area contributed by atoms with Gasteiger partial charge in [-0.25, -0.2) is 0 Å². The van der Waals surface area contributed by atoms with Crippen LogP contribution in [0.2, 0.25) is 0 Å². The predicted octanol–water partition coefficient (Wildman–Crippen LogP) is 2.79. The Hall–Kier alpha value is -3.22. The molecule has 2 aromatic heterocycles. The molecule has 7 heteroatoms. The van der Waals surface area contributed by atoms with Crippen molar-refractivity contribution < 1.29 is 9.32 Å². The molecule has 0 aliphatic carbocycles. The number of carbonyl (C=O) groups is 1. The highest BCUT2D eigenvalue weighted by Crippen LogP contribution is 2.21. The molecule has 1 amide bonds. The first-order valence-electron chi connectivity index (χ1n) is 8.95. The van der Waals surface area contributed by atoms with E-state index in [9.17, 15) is 9.59 Å². The lowest BCUT2D eigenvalue weighted by atomic mass is 10.1. The van der Waals surface area contributed by atoms with Crippen LogP contribution >= 0.6 is 0 Å². The minimum Gasteiger partial charge on any atom is -0.355 e. The minimum atomic E-state index is -0.261. The largest absolute Gasteiger partial charge is 0.355 e. The maximum Gasteiger partial charge on any atom is 0.259 e. The normalized spacial score (nSPS) is 10.7. The van der Waals surface area contributed by atoms with E-state index in [4.69, 9.17) is 4.52 Å². The number of amides is 1. The summed E-state index contributed by atoms with van der Waals surface area (Å²) >= 11 is 0. The molecular weight excluding hydrogens is 344 g/mol. The van der Waals surface area contributed by atoms with Crippen molar-refractivity contribution >= 4 is 5.91 Å². The molecule has 140 valence electrons. The summed E-state index contributed by atoms with van der Waals surface area (Å²) in [6, 6.07) is 10.8. The van der Waals surface area contributed by atoms with Crippen LogP contribution in [0.15, 0.2) is 51.9 Å². The van der Waals surface area contributed by atoms with Crippen LogP contribution in [-0.2, 0) is 11.3 Å². The van der Waals surface area contributed by atoms with E-state index in [0.717, 1.165) is 24.0 Å². The van der Waals surface area contributed by atoms with Crippen LogP contribution in [-0.4, -0.2) is 27.2 Å². The molecule has 7 nitrogen and oxygen atoms in total. The van der Waals surface area contributed by atoms with Crippen LogP contribution in [0.3, 0.4) is 0 Å². The zero-order valence-corrected chi connectivity index (χ0v) is 15.4. The van der Waals surface area contributed by atoms with E-state index in [2.05, 4.69) is 22.4 Å². The smallest absolute Gasteiger partial charge is 0.259 e. The molecule has 3 rings (SSSR count). The highest BCUT2D eigenvalue weighted by Gasteiger charge is 2.13. The number of rotatable bonds is 7. The Morgan fingerprint density at radius 3 is 2.63 bits per heavy atom. The summed E-state index contributed by atoms with van der Waals surface area (Å²) in [5.41, 5.74) is 2.32. The van der Waals surface area contributed by atoms with Gasteiger partial charge in [-0.15, -0.1) is 0 Å². The Morgan fingerprint density at radius 1 is 1.15 bits per heavy atom. The zero-order valence-electron chi connectivity index (χ0n) is 15.4. The molecule has 1 aromatic carbocycles. The van der Waals surface area contributed by atoms with E-state index in [0.29, 0.717) is 23.8 Å². The van der Waals surface area contributed by atoms with Crippen molar-refractivity contribution in [3.63, 3.8) is 0 Å². The predicted molar refractivity (Wildman–Crippen MR) is 102 cm³/mol. The second-order valence-electron chi connectivity index (χ2n) is 6.38. The topological polar surface area (TPSA) is 90.0 Å². The molecule has 0 bridgehead atoms. The lowest BCUT2D eigenvalue weighted by molar-refractivity contribution is -0.121. The molecule has 3 aromatic rings. The van der Waals surface area contributed by atoms with Crippen molar-refractivity contribution in [2.75, 3.05) is 6.54 Å². The number of aryl methyl sites for hydroxylation is 1. The van der Waals surface area contributed by atoms with Crippen LogP contribution in [0, 0.1) is 6.92 Å². The van der Waals surface area contributed by atoms with Gasteiger partial charge in [0.25, 0.3) is 11.4 Å². The Bertz CT molecular complexity index is 973. The van der Waals surface area contributed by atoms with Crippen molar-refractivity contribution in [1.29, 1.82) is 0 Å². The molecule has 2 heterocycles. The van der Waals surface area contributed by atoms with Crippen LogP contribution in [0.1, 0.15) is 25.3 Å². The number of nitrogens with one attached hydrogen (secondary N) is 1. The highest BCUT2D eigenvalue weighted by molar-refractivity contribution is 5.75. The lowest BCUT2D eigenvalue weighted by Crippen LogP contribution is -2.32. The maximum atomic E-state index is 12.0. The van der Waals surface area contributed by atoms with Crippen molar-refractivity contribution in [1.82, 2.24) is 20.0 Å². The third kappa shape index (κ3) is 4.69. The van der Waals surface area contributed by atoms with Crippen molar-refractivity contribution in [3.8, 4) is 22.8 Å². The fourth-order valence-corrected chi connectivity index (χ4v) is 2.56. The van der Waals surface area contributed by atoms with Crippen LogP contribution in [0.25, 0.3) is 22.8 Å². The SMILES string of the molecule is CCCCNC(=O)Cn1cc(-c2nc(-c3ccc(C)cc3)no2)ccc1=O. The Morgan fingerprint density at radius 2 is 1.89 bits per heavy atom. The van der Waals surface area contributed by atoms with Gasteiger partial charge in [0.1, 0.15) is 6.54 Å². The maximum absolute atomic E-state index is 12.0. The molecule has 1 N–H and O–H groups in total. The summed E-state index contributed by atoms with van der Waals surface area (Å²) < 4.78 is 6.68. The lowest BCUT2D eigenvalue weighted by Gasteiger charge is -2.07. The van der Waals surface area contributed by atoms with Crippen molar-refractivity contribution in [2.45, 2.75) is 33.2 Å². The number of hydrogen-bond acceptors (Lipinski definition) is 5. The molecule has 0 radical (unpaired) electrons. The summed E-state index contributed by atoms with van der Waals surface area (Å²) in [5.74, 6) is 0.569. The Labute approximate surface area is 157 Å². The summed E-state index contributed by atoms with van der Waals surface area (Å²) in [6.07, 6.45) is 3.47. The fraction of sp³-hybridized carbons (Fsp3) is 0.300. The second-order valence-corrected chi connectivity index (χ2v) is 6.38. The number of benzene rings is 1. The van der Waals surface area contributed by atoms with E-state index in [1.807, 2.05) is 31.2 Å². The first-order chi connectivity index (χ1) is 13.1. The first kappa shape index (κ1) is 18.6. The molecule has 0 aliphatic heterocycles. The standard InChI is InChI=1S/C20H22N4O3/c1-3-4-11-21-17(25)13-24-12-16(9-10-18(24)26)20-22-19(23-27-20)15-7-5-14(2)6-8-15/h5-10,12H,3-4,11,13H2,1-2H3,(H,21,25). The number of hydrogen-bond donors (Lipinski definition) is 1. The average Bonchev–Trinajstić information content (AvgIpc) is 3.14. The van der Waals surface area contributed by atoms with Gasteiger partial charge < -0.3 is 14.4 Å². The summed E-state index contributed by atoms with van der Waals surface area (Å²) in [5, 5.41) is 6.80. The average molecular weight is 366 g/mol. The van der Waals surface area contributed by atoms with Gasteiger partial charge >= 0.3 is 0 Å². The fourth-order valence-electron chi connectivity index (χ4n) is 2.56. The number of carbonyl (C=O) groups excluding carboxylic acids is 1. The number of aromatic nitrogens is 3. The van der Waals surface area contributed by atoms with Crippen molar-refractivity contribution in [3.05, 3.63) is 58.5 Å². The molecule has 0 aliphatic rings. The van der Waals surface area contributed by atoms with Crippen molar-refractivity contribution in [2.24, 2.45) is 0 Å². The van der Waals surface area contributed by atoms with Gasteiger partial charge in [0.2, 0.25) is 11.7 Å². The van der Waals surface area contributed by atoms with E-state index < -0.39 is 0 Å². The monoisotopic (exact) mass is 366 g/mol. The molecule has 0 unspecified atom stereocenters. The van der Waals surface area contributed by atoms with Gasteiger partial charge in [0.15, 0.2) is 0 Å². The van der Waals surface area contributed by atoms with Gasteiger partial charge in [0, 0.05) is 24.4 Å². The second kappa shape index (κ2) is 8.44. The van der Waals surface area contributed by atoms with Gasteiger partial charge in [-0.3, -0.25) is 9.59 Å². The molecule has 0 atom stereocenters. The van der Waals surface area contributed by atoms with Crippen LogP contribution in [0.5, 0.6) is 0 Å². The number of nitrogens with zero attached hydrogens (tertiary/aromatic N) is 3. The van der Waals surface area contributed by atoms with E-state index in [-0.39, 0.29) is 18.0 Å². The zero-order chi connectivity index (χ0) is 19.2. The van der Waals surface area contributed by atoms with Gasteiger partial charge in [0.05, 0.1) is 5.56 Å². The third-order valence-corrected chi connectivity index (χ3v) is 4.13. The van der Waals surface area contributed by atoms with Crippen LogP contribution in [0.4, 0.5) is 0 Å². The first-order valence-corrected chi connectivity index (χ1v) is 8.95. The highest BCUT2D eigenvalue weighted by atomic mass is 16.5. The Kier molecular flexibility index (Phi) is 5.80. The number of unbranched alkanes of at least 4 members (excludes halogenated alkanes) is 1. The molecule has 27 heavy (non-hydrogen) atoms. The number of pyridine rings is 1. The molecular formula is C20H22N4O3. The summed E-state index contributed by atoms with van der Waals surface area (Å²) in [7, 11) is 0. The molecule has 0 saturated heterocycles. The third-order valence-electron chi connectivity index (χ3n) is 4.13. The van der Waals surface area contributed by atoms with Gasteiger partial charge in [-0.1, -0.05) is 48.3 Å². The quantitative estimate of drug-likeness (QED) is 0.650.